The number of piperidine rings is 1. The lowest BCUT2D eigenvalue weighted by atomic mass is 10.1. The summed E-state index contributed by atoms with van der Waals surface area (Å²) in [5.41, 5.74) is 1.21. The van der Waals surface area contributed by atoms with Crippen molar-refractivity contribution >= 4 is 53.3 Å². The number of aliphatic hydroxyl groups excluding tert-OH is 1. The van der Waals surface area contributed by atoms with Crippen LogP contribution in [-0.2, 0) is 0 Å². The van der Waals surface area contributed by atoms with Crippen LogP contribution in [-0.4, -0.2) is 54.5 Å². The lowest BCUT2D eigenvalue weighted by molar-refractivity contribution is 0.108. The van der Waals surface area contributed by atoms with Gasteiger partial charge in [-0.3, -0.25) is 4.99 Å². The molecule has 1 heterocycles. The van der Waals surface area contributed by atoms with Gasteiger partial charge in [0.2, 0.25) is 0 Å². The lowest BCUT2D eigenvalue weighted by Crippen LogP contribution is -2.46. The first-order valence-electron chi connectivity index (χ1n) is 8.13. The van der Waals surface area contributed by atoms with Crippen LogP contribution in [0.5, 0.6) is 0 Å². The van der Waals surface area contributed by atoms with Crippen molar-refractivity contribution in [3.63, 3.8) is 0 Å². The van der Waals surface area contributed by atoms with Crippen LogP contribution in [0.2, 0.25) is 5.02 Å². The van der Waals surface area contributed by atoms with Crippen LogP contribution >= 0.6 is 47.3 Å². The summed E-state index contributed by atoms with van der Waals surface area (Å²) in [5, 5.41) is 14.1. The molecule has 0 aliphatic carbocycles. The second-order valence-corrected chi connectivity index (χ2v) is 7.17. The van der Waals surface area contributed by atoms with Crippen LogP contribution < -0.4 is 5.32 Å². The molecule has 24 heavy (non-hydrogen) atoms. The summed E-state index contributed by atoms with van der Waals surface area (Å²) < 4.78 is 0. The molecule has 0 radical (unpaired) electrons. The van der Waals surface area contributed by atoms with E-state index in [1.165, 1.54) is 5.56 Å². The molecular formula is C17H27ClIN3OS. The standard InChI is InChI=1S/C17H26ClN3OS.HI/c1-3-19-17(21-9-7-15(22)8-10-21)20-12-16(23-2)13-5-4-6-14(18)11-13;/h4-6,11,15-16,22H,3,7-10,12H2,1-2H3,(H,19,20);1H. The van der Waals surface area contributed by atoms with Crippen molar-refractivity contribution in [1.29, 1.82) is 0 Å². The molecule has 1 unspecified atom stereocenters. The molecule has 0 bridgehead atoms. The van der Waals surface area contributed by atoms with Gasteiger partial charge in [-0.2, -0.15) is 11.8 Å². The Labute approximate surface area is 171 Å². The van der Waals surface area contributed by atoms with E-state index in [4.69, 9.17) is 16.6 Å². The van der Waals surface area contributed by atoms with Crippen LogP contribution in [0.1, 0.15) is 30.6 Å². The van der Waals surface area contributed by atoms with Crippen molar-refractivity contribution in [1.82, 2.24) is 10.2 Å². The van der Waals surface area contributed by atoms with E-state index in [2.05, 4.69) is 29.5 Å². The number of rotatable bonds is 5. The highest BCUT2D eigenvalue weighted by molar-refractivity contribution is 14.0. The van der Waals surface area contributed by atoms with Gasteiger partial charge >= 0.3 is 0 Å². The number of halogens is 2. The van der Waals surface area contributed by atoms with Crippen molar-refractivity contribution in [2.24, 2.45) is 4.99 Å². The first-order chi connectivity index (χ1) is 11.1. The zero-order valence-corrected chi connectivity index (χ0v) is 18.1. The molecule has 1 saturated heterocycles. The Morgan fingerprint density at radius 3 is 2.75 bits per heavy atom. The quantitative estimate of drug-likeness (QED) is 0.380. The van der Waals surface area contributed by atoms with Crippen LogP contribution in [0.3, 0.4) is 0 Å². The summed E-state index contributed by atoms with van der Waals surface area (Å²) in [4.78, 5) is 7.07. The number of nitrogens with zero attached hydrogens (tertiary/aromatic N) is 2. The van der Waals surface area contributed by atoms with Crippen LogP contribution in [0.25, 0.3) is 0 Å². The maximum absolute atomic E-state index is 9.67. The SMILES string of the molecule is CCNC(=NCC(SC)c1cccc(Cl)c1)N1CCC(O)CC1.I. The molecule has 4 nitrogen and oxygen atoms in total. The first kappa shape index (κ1) is 21.9. The predicted octanol–water partition coefficient (Wildman–Crippen LogP) is 3.78. The van der Waals surface area contributed by atoms with Gasteiger partial charge in [0, 0.05) is 29.9 Å². The molecule has 0 amide bonds. The maximum atomic E-state index is 9.67. The van der Waals surface area contributed by atoms with Crippen molar-refractivity contribution in [3.05, 3.63) is 34.9 Å². The van der Waals surface area contributed by atoms with Gasteiger partial charge in [-0.05, 0) is 43.7 Å². The van der Waals surface area contributed by atoms with E-state index in [1.54, 1.807) is 11.8 Å². The monoisotopic (exact) mass is 483 g/mol. The van der Waals surface area contributed by atoms with E-state index in [0.717, 1.165) is 43.5 Å². The van der Waals surface area contributed by atoms with Gasteiger partial charge < -0.3 is 15.3 Å². The number of aliphatic imine (C=N–C) groups is 1. The summed E-state index contributed by atoms with van der Waals surface area (Å²) in [6, 6.07) is 8.01. The molecule has 1 fully saturated rings. The minimum atomic E-state index is -0.167. The number of hydrogen-bond donors (Lipinski definition) is 2. The highest BCUT2D eigenvalue weighted by Crippen LogP contribution is 2.28. The van der Waals surface area contributed by atoms with Crippen LogP contribution in [0, 0.1) is 0 Å². The van der Waals surface area contributed by atoms with Gasteiger partial charge in [0.1, 0.15) is 0 Å². The fourth-order valence-electron chi connectivity index (χ4n) is 2.70. The van der Waals surface area contributed by atoms with Crippen LogP contribution in [0.4, 0.5) is 0 Å². The molecule has 1 aliphatic heterocycles. The smallest absolute Gasteiger partial charge is 0.193 e. The number of likely N-dealkylation sites (tertiary alicyclic amines) is 1. The molecule has 0 saturated carbocycles. The number of benzene rings is 1. The molecule has 0 aromatic heterocycles. The number of hydrogen-bond acceptors (Lipinski definition) is 3. The summed E-state index contributed by atoms with van der Waals surface area (Å²) in [5.74, 6) is 0.945. The van der Waals surface area contributed by atoms with Gasteiger partial charge in [-0.25, -0.2) is 0 Å². The average molecular weight is 484 g/mol. The van der Waals surface area contributed by atoms with Gasteiger partial charge in [-0.1, -0.05) is 23.7 Å². The Balaban J connectivity index is 0.00000288. The Morgan fingerprint density at radius 2 is 2.17 bits per heavy atom. The zero-order valence-electron chi connectivity index (χ0n) is 14.2. The molecule has 2 N–H and O–H groups in total. The fraction of sp³-hybridized carbons (Fsp3) is 0.588. The Bertz CT molecular complexity index is 524. The number of nitrogens with one attached hydrogen (secondary N) is 1. The van der Waals surface area contributed by atoms with Crippen molar-refractivity contribution in [2.75, 3.05) is 32.4 Å². The topological polar surface area (TPSA) is 47.9 Å². The molecular weight excluding hydrogens is 457 g/mol. The fourth-order valence-corrected chi connectivity index (χ4v) is 3.54. The summed E-state index contributed by atoms with van der Waals surface area (Å²) >= 11 is 7.89. The molecule has 7 heteroatoms. The number of aliphatic hydroxyl groups is 1. The molecule has 1 atom stereocenters. The molecule has 1 aromatic rings. The molecule has 2 rings (SSSR count). The Hall–Kier alpha value is -0.180. The second-order valence-electron chi connectivity index (χ2n) is 5.69. The largest absolute Gasteiger partial charge is 0.393 e. The van der Waals surface area contributed by atoms with E-state index in [0.29, 0.717) is 6.54 Å². The summed E-state index contributed by atoms with van der Waals surface area (Å²) in [6.07, 6.45) is 3.56. The second kappa shape index (κ2) is 11.4. The van der Waals surface area contributed by atoms with Gasteiger partial charge in [0.15, 0.2) is 5.96 Å². The van der Waals surface area contributed by atoms with E-state index in [9.17, 15) is 5.11 Å². The van der Waals surface area contributed by atoms with E-state index in [-0.39, 0.29) is 35.3 Å². The third-order valence-corrected chi connectivity index (χ3v) is 5.24. The Morgan fingerprint density at radius 1 is 1.46 bits per heavy atom. The zero-order chi connectivity index (χ0) is 16.7. The minimum Gasteiger partial charge on any atom is -0.393 e. The number of guanidine groups is 1. The van der Waals surface area contributed by atoms with E-state index in [1.807, 2.05) is 18.2 Å². The first-order valence-corrected chi connectivity index (χ1v) is 9.80. The van der Waals surface area contributed by atoms with Gasteiger partial charge in [0.05, 0.1) is 12.6 Å². The number of thioether (sulfide) groups is 1. The summed E-state index contributed by atoms with van der Waals surface area (Å²) in [7, 11) is 0. The van der Waals surface area contributed by atoms with Gasteiger partial charge in [-0.15, -0.1) is 24.0 Å². The molecule has 136 valence electrons. The van der Waals surface area contributed by atoms with Crippen molar-refractivity contribution < 1.29 is 5.11 Å². The van der Waals surface area contributed by atoms with Crippen LogP contribution in [0.15, 0.2) is 29.3 Å². The van der Waals surface area contributed by atoms with E-state index >= 15 is 0 Å². The van der Waals surface area contributed by atoms with E-state index < -0.39 is 0 Å². The molecule has 1 aliphatic rings. The van der Waals surface area contributed by atoms with Crippen molar-refractivity contribution in [3.8, 4) is 0 Å². The normalized spacial score (nSPS) is 17.3. The molecule has 1 aromatic carbocycles. The third kappa shape index (κ3) is 6.61. The molecule has 0 spiro atoms. The maximum Gasteiger partial charge on any atom is 0.193 e. The van der Waals surface area contributed by atoms with Crippen molar-refractivity contribution in [2.45, 2.75) is 31.1 Å². The lowest BCUT2D eigenvalue weighted by Gasteiger charge is -2.32. The van der Waals surface area contributed by atoms with Gasteiger partial charge in [0.25, 0.3) is 0 Å². The highest BCUT2D eigenvalue weighted by atomic mass is 127. The summed E-state index contributed by atoms with van der Waals surface area (Å²) in [6.45, 7) is 5.35. The predicted molar refractivity (Wildman–Crippen MR) is 116 cm³/mol. The third-order valence-electron chi connectivity index (χ3n) is 4.01. The Kier molecular flexibility index (Phi) is 10.4. The average Bonchev–Trinajstić information content (AvgIpc) is 2.55. The minimum absolute atomic E-state index is 0. The highest BCUT2D eigenvalue weighted by Gasteiger charge is 2.20.